The number of aryl methyl sites for hydroxylation is 1. The third kappa shape index (κ3) is 2.59. The quantitative estimate of drug-likeness (QED) is 0.670. The van der Waals surface area contributed by atoms with Gasteiger partial charge in [-0.15, -0.1) is 0 Å². The fourth-order valence-corrected chi connectivity index (χ4v) is 1.42. The monoisotopic (exact) mass is 192 g/mol. The Bertz CT molecular complexity index is 305. The van der Waals surface area contributed by atoms with Crippen molar-refractivity contribution in [3.8, 4) is 5.75 Å². The molecule has 1 rings (SSSR count). The first-order valence-electron chi connectivity index (χ1n) is 5.02. The Balaban J connectivity index is 2.92. The topological polar surface area (TPSA) is 26.3 Å². The van der Waals surface area contributed by atoms with Crippen molar-refractivity contribution in [2.45, 2.75) is 26.7 Å². The highest BCUT2D eigenvalue weighted by Gasteiger charge is 2.03. The van der Waals surface area contributed by atoms with E-state index < -0.39 is 0 Å². The summed E-state index contributed by atoms with van der Waals surface area (Å²) in [6, 6.07) is 5.79. The number of hydrogen-bond donors (Lipinski definition) is 0. The van der Waals surface area contributed by atoms with Crippen LogP contribution in [0.25, 0.3) is 0 Å². The Morgan fingerprint density at radius 1 is 1.36 bits per heavy atom. The number of rotatable bonds is 5. The maximum absolute atomic E-state index is 10.8. The second-order valence-corrected chi connectivity index (χ2v) is 3.17. The number of hydrogen-bond acceptors (Lipinski definition) is 2. The van der Waals surface area contributed by atoms with Crippen molar-refractivity contribution in [3.05, 3.63) is 29.3 Å². The third-order valence-corrected chi connectivity index (χ3v) is 2.04. The first-order valence-corrected chi connectivity index (χ1v) is 5.02. The molecule has 14 heavy (non-hydrogen) atoms. The van der Waals surface area contributed by atoms with E-state index in [2.05, 4.69) is 6.92 Å². The zero-order valence-electron chi connectivity index (χ0n) is 8.75. The van der Waals surface area contributed by atoms with Crippen molar-refractivity contribution < 1.29 is 9.53 Å². The lowest BCUT2D eigenvalue weighted by Crippen LogP contribution is -1.97. The van der Waals surface area contributed by atoms with Crippen LogP contribution in [-0.4, -0.2) is 12.9 Å². The smallest absolute Gasteiger partial charge is 0.153 e. The van der Waals surface area contributed by atoms with Gasteiger partial charge in [0.15, 0.2) is 6.29 Å². The average molecular weight is 192 g/mol. The van der Waals surface area contributed by atoms with E-state index in [4.69, 9.17) is 4.74 Å². The van der Waals surface area contributed by atoms with Gasteiger partial charge in [0.1, 0.15) is 5.75 Å². The van der Waals surface area contributed by atoms with Crippen LogP contribution in [0.1, 0.15) is 36.2 Å². The molecule has 0 atom stereocenters. The van der Waals surface area contributed by atoms with Crippen LogP contribution in [0, 0.1) is 0 Å². The van der Waals surface area contributed by atoms with Gasteiger partial charge in [0, 0.05) is 0 Å². The molecule has 0 aliphatic carbocycles. The Kier molecular flexibility index (Phi) is 4.17. The van der Waals surface area contributed by atoms with Crippen molar-refractivity contribution in [2.75, 3.05) is 6.61 Å². The maximum Gasteiger partial charge on any atom is 0.153 e. The molecule has 0 fully saturated rings. The minimum Gasteiger partial charge on any atom is -0.493 e. The van der Waals surface area contributed by atoms with Crippen molar-refractivity contribution in [3.63, 3.8) is 0 Å². The minimum atomic E-state index is 0.591. The second-order valence-electron chi connectivity index (χ2n) is 3.17. The zero-order valence-corrected chi connectivity index (χ0v) is 8.75. The summed E-state index contributed by atoms with van der Waals surface area (Å²) in [6.07, 6.45) is 2.95. The molecule has 0 heterocycles. The van der Waals surface area contributed by atoms with Gasteiger partial charge in [0.2, 0.25) is 0 Å². The SMILES string of the molecule is CCCc1ccc(OCC)c(C=O)c1. The Morgan fingerprint density at radius 3 is 2.71 bits per heavy atom. The molecule has 2 nitrogen and oxygen atoms in total. The van der Waals surface area contributed by atoms with Gasteiger partial charge >= 0.3 is 0 Å². The van der Waals surface area contributed by atoms with Crippen molar-refractivity contribution in [1.82, 2.24) is 0 Å². The molecule has 1 aromatic carbocycles. The first-order chi connectivity index (χ1) is 6.81. The van der Waals surface area contributed by atoms with Gasteiger partial charge in [-0.05, 0) is 31.0 Å². The number of carbonyl (C=O) groups is 1. The van der Waals surface area contributed by atoms with E-state index >= 15 is 0 Å². The van der Waals surface area contributed by atoms with Crippen LogP contribution in [-0.2, 0) is 6.42 Å². The van der Waals surface area contributed by atoms with Crippen LogP contribution < -0.4 is 4.74 Å². The standard InChI is InChI=1S/C12H16O2/c1-3-5-10-6-7-12(14-4-2)11(8-10)9-13/h6-9H,3-5H2,1-2H3. The van der Waals surface area contributed by atoms with Gasteiger partial charge in [0.05, 0.1) is 12.2 Å². The van der Waals surface area contributed by atoms with Crippen LogP contribution in [0.4, 0.5) is 0 Å². The molecule has 0 amide bonds. The van der Waals surface area contributed by atoms with E-state index in [1.54, 1.807) is 0 Å². The van der Waals surface area contributed by atoms with Gasteiger partial charge in [-0.2, -0.15) is 0 Å². The molecule has 0 radical (unpaired) electrons. The first kappa shape index (κ1) is 10.8. The summed E-state index contributed by atoms with van der Waals surface area (Å²) in [6.45, 7) is 4.62. The summed E-state index contributed by atoms with van der Waals surface area (Å²) in [4.78, 5) is 10.8. The molecular weight excluding hydrogens is 176 g/mol. The summed E-state index contributed by atoms with van der Waals surface area (Å²) in [5, 5.41) is 0. The largest absolute Gasteiger partial charge is 0.493 e. The highest BCUT2D eigenvalue weighted by molar-refractivity contribution is 5.79. The number of benzene rings is 1. The van der Waals surface area contributed by atoms with E-state index in [1.807, 2.05) is 25.1 Å². The highest BCUT2D eigenvalue weighted by atomic mass is 16.5. The number of aldehydes is 1. The molecule has 0 aliphatic heterocycles. The van der Waals surface area contributed by atoms with Gasteiger partial charge in [-0.1, -0.05) is 19.4 Å². The highest BCUT2D eigenvalue weighted by Crippen LogP contribution is 2.19. The Morgan fingerprint density at radius 2 is 2.14 bits per heavy atom. The lowest BCUT2D eigenvalue weighted by Gasteiger charge is -2.07. The molecule has 0 N–H and O–H groups in total. The fourth-order valence-electron chi connectivity index (χ4n) is 1.42. The molecule has 0 saturated heterocycles. The molecule has 2 heteroatoms. The van der Waals surface area contributed by atoms with Crippen molar-refractivity contribution in [1.29, 1.82) is 0 Å². The molecule has 0 spiro atoms. The summed E-state index contributed by atoms with van der Waals surface area (Å²) >= 11 is 0. The lowest BCUT2D eigenvalue weighted by atomic mass is 10.1. The summed E-state index contributed by atoms with van der Waals surface area (Å²) in [5.41, 5.74) is 1.84. The van der Waals surface area contributed by atoms with E-state index in [0.29, 0.717) is 17.9 Å². The summed E-state index contributed by atoms with van der Waals surface area (Å²) < 4.78 is 5.33. The Labute approximate surface area is 84.9 Å². The molecule has 0 bridgehead atoms. The molecule has 0 saturated carbocycles. The van der Waals surface area contributed by atoms with Crippen LogP contribution in [0.2, 0.25) is 0 Å². The van der Waals surface area contributed by atoms with Gasteiger partial charge in [-0.25, -0.2) is 0 Å². The van der Waals surface area contributed by atoms with Crippen molar-refractivity contribution >= 4 is 6.29 Å². The predicted octanol–water partition coefficient (Wildman–Crippen LogP) is 2.85. The number of ether oxygens (including phenoxy) is 1. The Hall–Kier alpha value is -1.31. The molecule has 0 aromatic heterocycles. The maximum atomic E-state index is 10.8. The second kappa shape index (κ2) is 5.43. The van der Waals surface area contributed by atoms with Crippen LogP contribution in [0.15, 0.2) is 18.2 Å². The minimum absolute atomic E-state index is 0.591. The van der Waals surface area contributed by atoms with E-state index in [-0.39, 0.29) is 0 Å². The van der Waals surface area contributed by atoms with Crippen LogP contribution in [0.5, 0.6) is 5.75 Å². The molecule has 0 aliphatic rings. The molecule has 0 unspecified atom stereocenters. The number of carbonyl (C=O) groups excluding carboxylic acids is 1. The normalized spacial score (nSPS) is 9.86. The van der Waals surface area contributed by atoms with E-state index in [1.165, 1.54) is 5.56 Å². The van der Waals surface area contributed by atoms with Crippen LogP contribution >= 0.6 is 0 Å². The molecule has 76 valence electrons. The average Bonchev–Trinajstić information content (AvgIpc) is 2.21. The van der Waals surface area contributed by atoms with Crippen molar-refractivity contribution in [2.24, 2.45) is 0 Å². The molecular formula is C12H16O2. The predicted molar refractivity (Wildman–Crippen MR) is 57.0 cm³/mol. The van der Waals surface area contributed by atoms with Gasteiger partial charge < -0.3 is 4.74 Å². The molecule has 1 aromatic rings. The van der Waals surface area contributed by atoms with E-state index in [9.17, 15) is 4.79 Å². The van der Waals surface area contributed by atoms with Crippen LogP contribution in [0.3, 0.4) is 0 Å². The van der Waals surface area contributed by atoms with E-state index in [0.717, 1.165) is 19.1 Å². The summed E-state index contributed by atoms with van der Waals surface area (Å²) in [7, 11) is 0. The van der Waals surface area contributed by atoms with Gasteiger partial charge in [-0.3, -0.25) is 4.79 Å². The fraction of sp³-hybridized carbons (Fsp3) is 0.417. The zero-order chi connectivity index (χ0) is 10.4. The van der Waals surface area contributed by atoms with Gasteiger partial charge in [0.25, 0.3) is 0 Å². The third-order valence-electron chi connectivity index (χ3n) is 2.04. The summed E-state index contributed by atoms with van der Waals surface area (Å²) in [5.74, 6) is 0.683. The lowest BCUT2D eigenvalue weighted by molar-refractivity contribution is 0.111.